The van der Waals surface area contributed by atoms with Gasteiger partial charge in [0, 0.05) is 0 Å². The first-order chi connectivity index (χ1) is 6.36. The van der Waals surface area contributed by atoms with Gasteiger partial charge < -0.3 is 0 Å². The van der Waals surface area contributed by atoms with Crippen LogP contribution >= 0.6 is 11.8 Å². The summed E-state index contributed by atoms with van der Waals surface area (Å²) in [6.07, 6.45) is 0. The standard InChI is InChI=1S/C7F6S/c8-3-1-2(4(9)5(3)10)7(12,13)14-6(1)11. The van der Waals surface area contributed by atoms with Crippen molar-refractivity contribution in [3.8, 4) is 0 Å². The van der Waals surface area contributed by atoms with Crippen LogP contribution in [-0.4, -0.2) is 5.25 Å². The third-order valence-corrected chi connectivity index (χ3v) is 2.62. The van der Waals surface area contributed by atoms with Gasteiger partial charge in [-0.1, -0.05) is 0 Å². The Balaban J connectivity index is 2.69. The molecule has 7 heteroatoms. The van der Waals surface area contributed by atoms with E-state index >= 15 is 0 Å². The van der Waals surface area contributed by atoms with Crippen LogP contribution in [0.4, 0.5) is 26.3 Å². The summed E-state index contributed by atoms with van der Waals surface area (Å²) in [4.78, 5) is 0. The van der Waals surface area contributed by atoms with Crippen LogP contribution in [0.3, 0.4) is 0 Å². The summed E-state index contributed by atoms with van der Waals surface area (Å²) in [6, 6.07) is 0. The zero-order valence-corrected chi connectivity index (χ0v) is 6.99. The molecule has 1 aliphatic heterocycles. The minimum absolute atomic E-state index is 0.635. The van der Waals surface area contributed by atoms with Crippen molar-refractivity contribution in [1.29, 1.82) is 0 Å². The van der Waals surface area contributed by atoms with Crippen LogP contribution in [0.5, 0.6) is 0 Å². The predicted molar refractivity (Wildman–Crippen MR) is 38.0 cm³/mol. The molecule has 1 aliphatic carbocycles. The van der Waals surface area contributed by atoms with Crippen LogP contribution in [0.25, 0.3) is 0 Å². The van der Waals surface area contributed by atoms with Gasteiger partial charge in [0.15, 0.2) is 22.6 Å². The Morgan fingerprint density at radius 1 is 0.857 bits per heavy atom. The average molecular weight is 230 g/mol. The van der Waals surface area contributed by atoms with Crippen LogP contribution < -0.4 is 0 Å². The maximum Gasteiger partial charge on any atom is 0.329 e. The van der Waals surface area contributed by atoms with Crippen molar-refractivity contribution in [3.05, 3.63) is 33.8 Å². The molecule has 0 atom stereocenters. The van der Waals surface area contributed by atoms with E-state index in [1.807, 2.05) is 0 Å². The van der Waals surface area contributed by atoms with Crippen LogP contribution in [0, 0.1) is 0 Å². The van der Waals surface area contributed by atoms with E-state index in [1.54, 1.807) is 0 Å². The number of rotatable bonds is 0. The second kappa shape index (κ2) is 2.59. The predicted octanol–water partition coefficient (Wildman–Crippen LogP) is 3.89. The molecule has 14 heavy (non-hydrogen) atoms. The van der Waals surface area contributed by atoms with E-state index in [1.165, 1.54) is 0 Å². The summed E-state index contributed by atoms with van der Waals surface area (Å²) in [5.41, 5.74) is -2.84. The Bertz CT molecular complexity index is 416. The number of alkyl halides is 2. The van der Waals surface area contributed by atoms with E-state index in [4.69, 9.17) is 0 Å². The lowest BCUT2D eigenvalue weighted by atomic mass is 10.1. The maximum atomic E-state index is 12.8. The van der Waals surface area contributed by atoms with Gasteiger partial charge in [-0.3, -0.25) is 0 Å². The molecule has 0 spiro atoms. The summed E-state index contributed by atoms with van der Waals surface area (Å²) < 4.78 is 76.1. The number of thioether (sulfide) groups is 1. The lowest BCUT2D eigenvalue weighted by molar-refractivity contribution is 0.151. The van der Waals surface area contributed by atoms with Crippen molar-refractivity contribution in [1.82, 2.24) is 0 Å². The van der Waals surface area contributed by atoms with Crippen molar-refractivity contribution in [3.63, 3.8) is 0 Å². The van der Waals surface area contributed by atoms with E-state index in [-0.39, 0.29) is 0 Å². The highest BCUT2D eigenvalue weighted by atomic mass is 32.2. The van der Waals surface area contributed by atoms with Crippen molar-refractivity contribution < 1.29 is 26.3 Å². The third kappa shape index (κ3) is 0.985. The molecule has 0 aromatic carbocycles. The van der Waals surface area contributed by atoms with E-state index in [9.17, 15) is 26.3 Å². The molecular formula is C7F6S. The smallest absolute Gasteiger partial charge is 0.203 e. The Morgan fingerprint density at radius 2 is 1.43 bits per heavy atom. The van der Waals surface area contributed by atoms with E-state index in [0.29, 0.717) is 0 Å². The second-order valence-electron chi connectivity index (χ2n) is 2.58. The van der Waals surface area contributed by atoms with E-state index in [0.717, 1.165) is 0 Å². The molecule has 0 saturated carbocycles. The number of hydrogen-bond acceptors (Lipinski definition) is 1. The van der Waals surface area contributed by atoms with Crippen LogP contribution in [0.15, 0.2) is 33.8 Å². The Hall–Kier alpha value is -0.850. The van der Waals surface area contributed by atoms with Gasteiger partial charge in [-0.2, -0.15) is 13.2 Å². The first-order valence-electron chi connectivity index (χ1n) is 3.29. The molecule has 2 rings (SSSR count). The molecule has 0 fully saturated rings. The maximum absolute atomic E-state index is 12.8. The topological polar surface area (TPSA) is 0 Å². The quantitative estimate of drug-likeness (QED) is 0.569. The Labute approximate surface area is 78.0 Å². The summed E-state index contributed by atoms with van der Waals surface area (Å²) in [6.45, 7) is 0. The van der Waals surface area contributed by atoms with E-state index < -0.39 is 50.8 Å². The van der Waals surface area contributed by atoms with Gasteiger partial charge in [0.1, 0.15) is 0 Å². The van der Waals surface area contributed by atoms with Gasteiger partial charge in [0.05, 0.1) is 11.1 Å². The van der Waals surface area contributed by atoms with Crippen molar-refractivity contribution in [2.24, 2.45) is 0 Å². The molecule has 0 unspecified atom stereocenters. The minimum atomic E-state index is -3.95. The molecule has 0 aromatic heterocycles. The molecule has 2 aliphatic rings. The largest absolute Gasteiger partial charge is 0.329 e. The van der Waals surface area contributed by atoms with Crippen molar-refractivity contribution in [2.45, 2.75) is 5.25 Å². The molecule has 1 heterocycles. The SMILES string of the molecule is FC1=C2C(F)=C(F)C(F)=C2C(F)(F)S1. The monoisotopic (exact) mass is 230 g/mol. The van der Waals surface area contributed by atoms with Crippen LogP contribution in [0.1, 0.15) is 0 Å². The summed E-state index contributed by atoms with van der Waals surface area (Å²) in [5, 5.41) is -5.56. The van der Waals surface area contributed by atoms with Gasteiger partial charge in [0.2, 0.25) is 0 Å². The average Bonchev–Trinajstić information content (AvgIpc) is 2.42. The number of fused-ring (bicyclic) bond motifs is 1. The summed E-state index contributed by atoms with van der Waals surface area (Å²) in [5.74, 6) is -5.99. The molecule has 0 amide bonds. The van der Waals surface area contributed by atoms with Crippen LogP contribution in [-0.2, 0) is 0 Å². The van der Waals surface area contributed by atoms with E-state index in [2.05, 4.69) is 0 Å². The van der Waals surface area contributed by atoms with Gasteiger partial charge in [-0.15, -0.1) is 0 Å². The highest BCUT2D eigenvalue weighted by Gasteiger charge is 2.54. The molecule has 0 N–H and O–H groups in total. The van der Waals surface area contributed by atoms with Crippen molar-refractivity contribution >= 4 is 11.8 Å². The first kappa shape index (κ1) is 9.70. The molecule has 0 bridgehead atoms. The van der Waals surface area contributed by atoms with Crippen molar-refractivity contribution in [2.75, 3.05) is 0 Å². The molecule has 76 valence electrons. The molecule has 0 aromatic rings. The fraction of sp³-hybridized carbons (Fsp3) is 0.143. The fourth-order valence-corrected chi connectivity index (χ4v) is 2.02. The number of hydrogen-bond donors (Lipinski definition) is 0. The highest BCUT2D eigenvalue weighted by molar-refractivity contribution is 8.04. The van der Waals surface area contributed by atoms with Gasteiger partial charge in [-0.05, 0) is 11.8 Å². The Kier molecular flexibility index (Phi) is 1.79. The number of allylic oxidation sites excluding steroid dienone is 4. The normalized spacial score (nSPS) is 25.3. The van der Waals surface area contributed by atoms with Gasteiger partial charge in [0.25, 0.3) is 0 Å². The third-order valence-electron chi connectivity index (χ3n) is 1.78. The van der Waals surface area contributed by atoms with Gasteiger partial charge in [-0.25, -0.2) is 13.2 Å². The number of halogens is 6. The second-order valence-corrected chi connectivity index (χ2v) is 3.66. The first-order valence-corrected chi connectivity index (χ1v) is 4.11. The molecule has 0 radical (unpaired) electrons. The summed E-state index contributed by atoms with van der Waals surface area (Å²) >= 11 is -0.635. The van der Waals surface area contributed by atoms with Gasteiger partial charge >= 0.3 is 5.25 Å². The fourth-order valence-electron chi connectivity index (χ4n) is 1.21. The Morgan fingerprint density at radius 3 is 1.93 bits per heavy atom. The highest BCUT2D eigenvalue weighted by Crippen LogP contribution is 2.60. The zero-order valence-electron chi connectivity index (χ0n) is 6.18. The lowest BCUT2D eigenvalue weighted by Crippen LogP contribution is -2.10. The molecule has 0 nitrogen and oxygen atoms in total. The lowest BCUT2D eigenvalue weighted by Gasteiger charge is -2.07. The summed E-state index contributed by atoms with van der Waals surface area (Å²) in [7, 11) is 0. The molecular weight excluding hydrogens is 230 g/mol. The minimum Gasteiger partial charge on any atom is -0.203 e. The zero-order chi connectivity index (χ0) is 10.7. The molecule has 0 saturated heterocycles. The van der Waals surface area contributed by atoms with Crippen LogP contribution in [0.2, 0.25) is 0 Å².